The zero-order valence-electron chi connectivity index (χ0n) is 16.0. The fraction of sp³-hybridized carbons (Fsp3) is 0.737. The smallest absolute Gasteiger partial charge is 0.369 e. The van der Waals surface area contributed by atoms with E-state index in [0.717, 1.165) is 0 Å². The lowest BCUT2D eigenvalue weighted by atomic mass is 9.93. The van der Waals surface area contributed by atoms with Gasteiger partial charge in [0.1, 0.15) is 6.61 Å². The Kier molecular flexibility index (Phi) is 6.42. The predicted octanol–water partition coefficient (Wildman–Crippen LogP) is 3.47. The van der Waals surface area contributed by atoms with Gasteiger partial charge in [-0.1, -0.05) is 6.92 Å². The maximum Gasteiger partial charge on any atom is 0.411 e. The summed E-state index contributed by atoms with van der Waals surface area (Å²) in [7, 11) is 0. The number of primary amides is 1. The molecule has 0 saturated heterocycles. The molecule has 3 N–H and O–H groups in total. The Hall–Kier alpha value is -1.90. The van der Waals surface area contributed by atoms with Gasteiger partial charge in [0, 0.05) is 12.2 Å². The van der Waals surface area contributed by atoms with Gasteiger partial charge in [0.05, 0.1) is 17.4 Å². The maximum atomic E-state index is 12.3. The van der Waals surface area contributed by atoms with Gasteiger partial charge in [0.25, 0.3) is 5.91 Å². The molecule has 0 radical (unpaired) electrons. The van der Waals surface area contributed by atoms with Crippen LogP contribution in [-0.4, -0.2) is 40.8 Å². The number of nitrogens with one attached hydrogen (secondary N) is 1. The van der Waals surface area contributed by atoms with E-state index < -0.39 is 18.7 Å². The molecule has 1 heterocycles. The lowest BCUT2D eigenvalue weighted by molar-refractivity contribution is -0.187. The first kappa shape index (κ1) is 20.8. The van der Waals surface area contributed by atoms with Crippen molar-refractivity contribution < 1.29 is 22.7 Å². The second-order valence-electron chi connectivity index (χ2n) is 7.98. The summed E-state index contributed by atoms with van der Waals surface area (Å²) in [6.07, 6.45) is 2.37. The van der Waals surface area contributed by atoms with Crippen molar-refractivity contribution in [2.75, 3.05) is 11.9 Å². The Labute approximate surface area is 162 Å². The number of anilines is 1. The summed E-state index contributed by atoms with van der Waals surface area (Å²) in [6, 6.07) is 0.0684. The average Bonchev–Trinajstić information content (AvgIpc) is 3.45. The van der Waals surface area contributed by atoms with Gasteiger partial charge in [-0.15, -0.1) is 0 Å². The third kappa shape index (κ3) is 6.05. The second kappa shape index (κ2) is 8.63. The second-order valence-corrected chi connectivity index (χ2v) is 7.98. The molecule has 2 fully saturated rings. The van der Waals surface area contributed by atoms with Crippen LogP contribution in [0.2, 0.25) is 0 Å². The van der Waals surface area contributed by atoms with Crippen LogP contribution in [0.4, 0.5) is 19.1 Å². The largest absolute Gasteiger partial charge is 0.411 e. The number of ether oxygens (including phenoxy) is 1. The normalized spacial score (nSPS) is 24.0. The van der Waals surface area contributed by atoms with E-state index in [1.807, 2.05) is 0 Å². The number of nitrogens with two attached hydrogens (primary N) is 1. The number of alkyl halides is 3. The zero-order chi connectivity index (χ0) is 20.3. The fourth-order valence-corrected chi connectivity index (χ4v) is 3.75. The summed E-state index contributed by atoms with van der Waals surface area (Å²) < 4.78 is 41.7. The number of nitrogens with zero attached hydrogens (tertiary/aromatic N) is 2. The Bertz CT molecular complexity index is 686. The summed E-state index contributed by atoms with van der Waals surface area (Å²) in [6.45, 7) is 0.954. The van der Waals surface area contributed by atoms with E-state index >= 15 is 0 Å². The molecule has 1 aromatic heterocycles. The number of hydrogen-bond acceptors (Lipinski definition) is 5. The van der Waals surface area contributed by atoms with E-state index in [-0.39, 0.29) is 12.1 Å². The molecular weight excluding hydrogens is 373 g/mol. The van der Waals surface area contributed by atoms with E-state index in [9.17, 15) is 18.0 Å². The van der Waals surface area contributed by atoms with Crippen LogP contribution >= 0.6 is 0 Å². The number of rotatable bonds is 8. The minimum atomic E-state index is -4.29. The number of halogens is 3. The first-order valence-electron chi connectivity index (χ1n) is 9.82. The van der Waals surface area contributed by atoms with Gasteiger partial charge >= 0.3 is 6.18 Å². The van der Waals surface area contributed by atoms with Gasteiger partial charge < -0.3 is 15.8 Å². The number of amides is 1. The molecule has 0 bridgehead atoms. The molecule has 1 atom stereocenters. The van der Waals surface area contributed by atoms with E-state index in [1.165, 1.54) is 19.0 Å². The minimum Gasteiger partial charge on any atom is -0.369 e. The molecule has 2 aliphatic rings. The molecule has 9 heteroatoms. The number of carbonyl (C=O) groups excluding carboxylic acids is 1. The Balaban J connectivity index is 1.56. The van der Waals surface area contributed by atoms with Gasteiger partial charge in [-0.2, -0.15) is 13.2 Å². The average molecular weight is 400 g/mol. The van der Waals surface area contributed by atoms with Crippen molar-refractivity contribution in [3.8, 4) is 0 Å². The van der Waals surface area contributed by atoms with Gasteiger partial charge in [-0.3, -0.25) is 4.79 Å². The van der Waals surface area contributed by atoms with Gasteiger partial charge in [-0.05, 0) is 56.8 Å². The SMILES string of the molecule is C[C@@H](Cc1nc(NC2CCC(OCC(F)(F)F)CC2)ncc1C(N)=O)C1CC1. The summed E-state index contributed by atoms with van der Waals surface area (Å²) in [5.41, 5.74) is 6.47. The summed E-state index contributed by atoms with van der Waals surface area (Å²) in [4.78, 5) is 20.4. The van der Waals surface area contributed by atoms with Crippen molar-refractivity contribution in [2.24, 2.45) is 17.6 Å². The first-order valence-corrected chi connectivity index (χ1v) is 9.82. The van der Waals surface area contributed by atoms with Gasteiger partial charge in [-0.25, -0.2) is 9.97 Å². The van der Waals surface area contributed by atoms with Crippen LogP contribution in [-0.2, 0) is 11.2 Å². The highest BCUT2D eigenvalue weighted by atomic mass is 19.4. The van der Waals surface area contributed by atoms with E-state index in [0.29, 0.717) is 61.1 Å². The van der Waals surface area contributed by atoms with Crippen molar-refractivity contribution in [3.63, 3.8) is 0 Å². The Morgan fingerprint density at radius 2 is 1.96 bits per heavy atom. The van der Waals surface area contributed by atoms with Crippen LogP contribution in [0.3, 0.4) is 0 Å². The van der Waals surface area contributed by atoms with Crippen molar-refractivity contribution in [1.29, 1.82) is 0 Å². The van der Waals surface area contributed by atoms with E-state index in [4.69, 9.17) is 10.5 Å². The summed E-state index contributed by atoms with van der Waals surface area (Å²) in [5, 5.41) is 3.25. The first-order chi connectivity index (χ1) is 13.2. The van der Waals surface area contributed by atoms with Crippen molar-refractivity contribution in [1.82, 2.24) is 9.97 Å². The van der Waals surface area contributed by atoms with E-state index in [1.54, 1.807) is 0 Å². The number of hydrogen-bond donors (Lipinski definition) is 2. The minimum absolute atomic E-state index is 0.0684. The van der Waals surface area contributed by atoms with Gasteiger partial charge in [0.2, 0.25) is 5.95 Å². The molecule has 156 valence electrons. The third-order valence-corrected chi connectivity index (χ3v) is 5.57. The fourth-order valence-electron chi connectivity index (χ4n) is 3.75. The number of aromatic nitrogens is 2. The highest BCUT2D eigenvalue weighted by Gasteiger charge is 2.31. The quantitative estimate of drug-likeness (QED) is 0.697. The summed E-state index contributed by atoms with van der Waals surface area (Å²) >= 11 is 0. The zero-order valence-corrected chi connectivity index (χ0v) is 16.0. The lowest BCUT2D eigenvalue weighted by Crippen LogP contribution is -2.32. The highest BCUT2D eigenvalue weighted by Crippen LogP contribution is 2.38. The molecular formula is C19H27F3N4O2. The van der Waals surface area contributed by atoms with Gasteiger partial charge in [0.15, 0.2) is 0 Å². The molecule has 0 aromatic carbocycles. The Morgan fingerprint density at radius 3 is 2.54 bits per heavy atom. The maximum absolute atomic E-state index is 12.3. The number of carbonyl (C=O) groups is 1. The van der Waals surface area contributed by atoms with Crippen LogP contribution in [0, 0.1) is 11.8 Å². The third-order valence-electron chi connectivity index (χ3n) is 5.57. The monoisotopic (exact) mass is 400 g/mol. The van der Waals surface area contributed by atoms with E-state index in [2.05, 4.69) is 22.2 Å². The standard InChI is InChI=1S/C19H27F3N4O2/c1-11(12-2-3-12)8-16-15(17(23)27)9-24-18(26-16)25-13-4-6-14(7-5-13)28-10-19(20,21)22/h9,11-14H,2-8,10H2,1H3,(H2,23,27)(H,24,25,26)/t11-,13?,14?/m0/s1. The van der Waals surface area contributed by atoms with Crippen LogP contribution in [0.25, 0.3) is 0 Å². The molecule has 3 rings (SSSR count). The van der Waals surface area contributed by atoms with Crippen molar-refractivity contribution in [3.05, 3.63) is 17.5 Å². The molecule has 0 aliphatic heterocycles. The predicted molar refractivity (Wildman–Crippen MR) is 97.8 cm³/mol. The van der Waals surface area contributed by atoms with Crippen LogP contribution in [0.1, 0.15) is 61.5 Å². The highest BCUT2D eigenvalue weighted by molar-refractivity contribution is 5.93. The molecule has 1 amide bonds. The van der Waals surface area contributed by atoms with Crippen LogP contribution in [0.15, 0.2) is 6.20 Å². The molecule has 0 spiro atoms. The van der Waals surface area contributed by atoms with Crippen LogP contribution in [0.5, 0.6) is 0 Å². The summed E-state index contributed by atoms with van der Waals surface area (Å²) in [5.74, 6) is 1.01. The molecule has 28 heavy (non-hydrogen) atoms. The molecule has 2 saturated carbocycles. The Morgan fingerprint density at radius 1 is 1.29 bits per heavy atom. The van der Waals surface area contributed by atoms with Crippen LogP contribution < -0.4 is 11.1 Å². The van der Waals surface area contributed by atoms with Crippen molar-refractivity contribution >= 4 is 11.9 Å². The molecule has 1 aromatic rings. The molecule has 6 nitrogen and oxygen atoms in total. The topological polar surface area (TPSA) is 90.1 Å². The van der Waals surface area contributed by atoms with Crippen molar-refractivity contribution in [2.45, 2.75) is 70.2 Å². The molecule has 2 aliphatic carbocycles. The lowest BCUT2D eigenvalue weighted by Gasteiger charge is -2.29. The molecule has 0 unspecified atom stereocenters.